The molecule has 0 aliphatic carbocycles. The summed E-state index contributed by atoms with van der Waals surface area (Å²) in [7, 11) is 0. The lowest BCUT2D eigenvalue weighted by molar-refractivity contribution is 0.102. The summed E-state index contributed by atoms with van der Waals surface area (Å²) in [6.07, 6.45) is 1.25. The minimum Gasteiger partial charge on any atom is -0.508 e. The molecule has 0 atom stereocenters. The summed E-state index contributed by atoms with van der Waals surface area (Å²) in [5.74, 6) is -1.14. The highest BCUT2D eigenvalue weighted by Crippen LogP contribution is 2.26. The van der Waals surface area contributed by atoms with Gasteiger partial charge in [-0.15, -0.1) is 0 Å². The zero-order valence-electron chi connectivity index (χ0n) is 11.3. The van der Waals surface area contributed by atoms with Crippen LogP contribution in [0.1, 0.15) is 10.4 Å². The summed E-state index contributed by atoms with van der Waals surface area (Å²) in [6, 6.07) is 11.1. The summed E-state index contributed by atoms with van der Waals surface area (Å²) < 4.78 is 0. The lowest BCUT2D eigenvalue weighted by Gasteiger charge is -2.07. The monoisotopic (exact) mass is 296 g/mol. The van der Waals surface area contributed by atoms with Crippen LogP contribution in [0.5, 0.6) is 11.5 Å². The number of fused-ring (bicyclic) bond motifs is 1. The molecule has 6 nitrogen and oxygen atoms in total. The number of aromatic nitrogens is 1. The third-order valence-electron chi connectivity index (χ3n) is 3.22. The van der Waals surface area contributed by atoms with Crippen molar-refractivity contribution in [2.45, 2.75) is 0 Å². The molecule has 3 rings (SSSR count). The van der Waals surface area contributed by atoms with Gasteiger partial charge < -0.3 is 20.5 Å². The molecule has 3 aromatic rings. The number of phenolic OH excluding ortho intramolecular Hbond substituents is 2. The van der Waals surface area contributed by atoms with Crippen molar-refractivity contribution in [2.75, 3.05) is 5.32 Å². The lowest BCUT2D eigenvalue weighted by atomic mass is 10.1. The maximum atomic E-state index is 12.4. The highest BCUT2D eigenvalue weighted by molar-refractivity contribution is 6.06. The first-order valence-corrected chi connectivity index (χ1v) is 6.50. The Bertz CT molecular complexity index is 917. The van der Waals surface area contributed by atoms with E-state index in [2.05, 4.69) is 10.3 Å². The molecule has 0 fully saturated rings. The molecular formula is C16H12N2O4. The van der Waals surface area contributed by atoms with E-state index in [0.29, 0.717) is 5.69 Å². The van der Waals surface area contributed by atoms with Crippen LogP contribution in [0.2, 0.25) is 0 Å². The van der Waals surface area contributed by atoms with Crippen molar-refractivity contribution in [1.82, 2.24) is 4.98 Å². The number of hydrogen-bond donors (Lipinski definition) is 4. The molecule has 0 aliphatic rings. The van der Waals surface area contributed by atoms with E-state index in [1.54, 1.807) is 24.3 Å². The number of amides is 1. The molecule has 2 aromatic carbocycles. The molecule has 0 saturated carbocycles. The minimum atomic E-state index is -0.611. The van der Waals surface area contributed by atoms with Crippen LogP contribution < -0.4 is 10.7 Å². The van der Waals surface area contributed by atoms with Crippen molar-refractivity contribution < 1.29 is 15.0 Å². The van der Waals surface area contributed by atoms with Crippen molar-refractivity contribution in [3.05, 3.63) is 64.4 Å². The number of phenols is 2. The van der Waals surface area contributed by atoms with Crippen molar-refractivity contribution >= 4 is 22.5 Å². The number of aromatic hydroxyl groups is 2. The number of benzene rings is 2. The first kappa shape index (κ1) is 13.7. The molecule has 0 unspecified atom stereocenters. The molecule has 1 heterocycles. The normalized spacial score (nSPS) is 10.5. The molecule has 4 N–H and O–H groups in total. The van der Waals surface area contributed by atoms with Crippen LogP contribution in [0.3, 0.4) is 0 Å². The van der Waals surface area contributed by atoms with Crippen LogP contribution in [0.4, 0.5) is 5.69 Å². The number of carbonyl (C=O) groups is 1. The van der Waals surface area contributed by atoms with Gasteiger partial charge in [0.2, 0.25) is 5.43 Å². The Kier molecular flexibility index (Phi) is 3.27. The number of H-pyrrole nitrogens is 1. The van der Waals surface area contributed by atoms with Crippen LogP contribution in [-0.4, -0.2) is 21.1 Å². The highest BCUT2D eigenvalue weighted by atomic mass is 16.3. The van der Waals surface area contributed by atoms with E-state index in [1.807, 2.05) is 6.07 Å². The molecule has 0 aliphatic heterocycles. The van der Waals surface area contributed by atoms with Gasteiger partial charge in [-0.2, -0.15) is 0 Å². The molecule has 22 heavy (non-hydrogen) atoms. The second-order valence-corrected chi connectivity index (χ2v) is 4.74. The Balaban J connectivity index is 2.07. The van der Waals surface area contributed by atoms with Gasteiger partial charge in [0.15, 0.2) is 0 Å². The standard InChI is InChI=1S/C16H12N2O4/c19-10-6-12-14(13(20)7-10)15(21)11(8-17-12)16(22)18-9-4-2-1-3-5-9/h1-8,19-20H,(H,17,21)(H,18,22). The van der Waals surface area contributed by atoms with E-state index in [4.69, 9.17) is 0 Å². The van der Waals surface area contributed by atoms with E-state index < -0.39 is 11.3 Å². The van der Waals surface area contributed by atoms with Crippen LogP contribution in [0, 0.1) is 0 Å². The van der Waals surface area contributed by atoms with Crippen LogP contribution >= 0.6 is 0 Å². The average molecular weight is 296 g/mol. The summed E-state index contributed by atoms with van der Waals surface area (Å²) in [4.78, 5) is 27.3. The summed E-state index contributed by atoms with van der Waals surface area (Å²) in [5, 5.41) is 21.8. The Morgan fingerprint density at radius 2 is 1.82 bits per heavy atom. The molecule has 6 heteroatoms. The number of aromatic amines is 1. The van der Waals surface area contributed by atoms with Crippen molar-refractivity contribution in [3.8, 4) is 11.5 Å². The first-order chi connectivity index (χ1) is 10.6. The number of anilines is 1. The van der Waals surface area contributed by atoms with Gasteiger partial charge in [-0.3, -0.25) is 9.59 Å². The maximum absolute atomic E-state index is 12.4. The fourth-order valence-corrected chi connectivity index (χ4v) is 2.20. The summed E-state index contributed by atoms with van der Waals surface area (Å²) in [6.45, 7) is 0. The number of rotatable bonds is 2. The third kappa shape index (κ3) is 2.37. The Hall–Kier alpha value is -3.28. The second kappa shape index (κ2) is 5.25. The summed E-state index contributed by atoms with van der Waals surface area (Å²) >= 11 is 0. The summed E-state index contributed by atoms with van der Waals surface area (Å²) in [5.41, 5.74) is 0.0673. The molecule has 110 valence electrons. The smallest absolute Gasteiger partial charge is 0.261 e. The number of para-hydroxylation sites is 1. The number of nitrogens with one attached hydrogen (secondary N) is 2. The quantitative estimate of drug-likeness (QED) is 0.582. The molecule has 1 aromatic heterocycles. The highest BCUT2D eigenvalue weighted by Gasteiger charge is 2.16. The Morgan fingerprint density at radius 1 is 1.09 bits per heavy atom. The van der Waals surface area contributed by atoms with Crippen LogP contribution in [0.15, 0.2) is 53.5 Å². The van der Waals surface area contributed by atoms with Crippen molar-refractivity contribution in [3.63, 3.8) is 0 Å². The van der Waals surface area contributed by atoms with Gasteiger partial charge in [-0.05, 0) is 12.1 Å². The zero-order chi connectivity index (χ0) is 15.7. The van der Waals surface area contributed by atoms with Gasteiger partial charge in [-0.25, -0.2) is 0 Å². The van der Waals surface area contributed by atoms with Gasteiger partial charge in [0.1, 0.15) is 17.1 Å². The average Bonchev–Trinajstić information content (AvgIpc) is 2.47. The fraction of sp³-hybridized carbons (Fsp3) is 0. The van der Waals surface area contributed by atoms with E-state index in [0.717, 1.165) is 6.07 Å². The predicted octanol–water partition coefficient (Wildman–Crippen LogP) is 2.19. The van der Waals surface area contributed by atoms with Gasteiger partial charge in [0, 0.05) is 24.0 Å². The Labute approximate surface area is 124 Å². The molecule has 0 spiro atoms. The largest absolute Gasteiger partial charge is 0.508 e. The van der Waals surface area contributed by atoms with Crippen molar-refractivity contribution in [2.24, 2.45) is 0 Å². The topological polar surface area (TPSA) is 102 Å². The van der Waals surface area contributed by atoms with E-state index in [-0.39, 0.29) is 28.0 Å². The number of carbonyl (C=O) groups excluding carboxylic acids is 1. The second-order valence-electron chi connectivity index (χ2n) is 4.74. The van der Waals surface area contributed by atoms with Gasteiger partial charge in [0.25, 0.3) is 5.91 Å². The van der Waals surface area contributed by atoms with Gasteiger partial charge >= 0.3 is 0 Å². The van der Waals surface area contributed by atoms with Crippen LogP contribution in [-0.2, 0) is 0 Å². The molecule has 1 amide bonds. The SMILES string of the molecule is O=C(Nc1ccccc1)c1c[nH]c2cc(O)cc(O)c2c1=O. The number of hydrogen-bond acceptors (Lipinski definition) is 4. The maximum Gasteiger partial charge on any atom is 0.261 e. The van der Waals surface area contributed by atoms with E-state index >= 15 is 0 Å². The van der Waals surface area contributed by atoms with Gasteiger partial charge in [0.05, 0.1) is 10.9 Å². The first-order valence-electron chi connectivity index (χ1n) is 6.50. The predicted molar refractivity (Wildman–Crippen MR) is 82.3 cm³/mol. The third-order valence-corrected chi connectivity index (χ3v) is 3.22. The zero-order valence-corrected chi connectivity index (χ0v) is 11.3. The van der Waals surface area contributed by atoms with E-state index in [9.17, 15) is 19.8 Å². The molecular weight excluding hydrogens is 284 g/mol. The van der Waals surface area contributed by atoms with Crippen molar-refractivity contribution in [1.29, 1.82) is 0 Å². The number of pyridine rings is 1. The van der Waals surface area contributed by atoms with Crippen LogP contribution in [0.25, 0.3) is 10.9 Å². The molecule has 0 saturated heterocycles. The fourth-order valence-electron chi connectivity index (χ4n) is 2.20. The molecule has 0 bridgehead atoms. The lowest BCUT2D eigenvalue weighted by Crippen LogP contribution is -2.21. The van der Waals surface area contributed by atoms with E-state index in [1.165, 1.54) is 12.3 Å². The molecule has 0 radical (unpaired) electrons. The minimum absolute atomic E-state index is 0.0430. The Morgan fingerprint density at radius 3 is 2.55 bits per heavy atom. The van der Waals surface area contributed by atoms with Gasteiger partial charge in [-0.1, -0.05) is 18.2 Å².